The molecule has 2 N–H and O–H groups in total. The molecule has 6 nitrogen and oxygen atoms in total. The predicted octanol–water partition coefficient (Wildman–Crippen LogP) is 2.52. The molecule has 3 aromatic heterocycles. The van der Waals surface area contributed by atoms with Gasteiger partial charge in [0.05, 0.1) is 17.4 Å². The first-order chi connectivity index (χ1) is 9.26. The molecule has 0 bridgehead atoms. The maximum atomic E-state index is 13.8. The Morgan fingerprint density at radius 3 is 2.95 bits per heavy atom. The molecular formula is C12H9FN5O-. The fourth-order valence-electron chi connectivity index (χ4n) is 1.74. The summed E-state index contributed by atoms with van der Waals surface area (Å²) in [6.45, 7) is 0. The minimum absolute atomic E-state index is 0.267. The van der Waals surface area contributed by atoms with Gasteiger partial charge < -0.3 is 16.0 Å². The number of hydrogen-bond donors (Lipinski definition) is 2. The Morgan fingerprint density at radius 2 is 2.11 bits per heavy atom. The molecule has 0 fully saturated rings. The highest BCUT2D eigenvalue weighted by Gasteiger charge is 2.06. The van der Waals surface area contributed by atoms with Gasteiger partial charge in [-0.1, -0.05) is 0 Å². The average molecular weight is 258 g/mol. The zero-order valence-electron chi connectivity index (χ0n) is 9.67. The van der Waals surface area contributed by atoms with Gasteiger partial charge in [0.1, 0.15) is 5.82 Å². The molecule has 3 rings (SSSR count). The topological polar surface area (TPSA) is 77.3 Å². The lowest BCUT2D eigenvalue weighted by Gasteiger charge is -2.11. The second-order valence-corrected chi connectivity index (χ2v) is 3.89. The lowest BCUT2D eigenvalue weighted by molar-refractivity contribution is 0.619. The van der Waals surface area contributed by atoms with Crippen LogP contribution in [0.2, 0.25) is 0 Å². The Balaban J connectivity index is 1.97. The van der Waals surface area contributed by atoms with Gasteiger partial charge >= 0.3 is 0 Å². The van der Waals surface area contributed by atoms with Crippen molar-refractivity contribution in [1.29, 1.82) is 0 Å². The van der Waals surface area contributed by atoms with Crippen molar-refractivity contribution in [3.8, 4) is 0 Å². The van der Waals surface area contributed by atoms with E-state index in [1.54, 1.807) is 23.8 Å². The van der Waals surface area contributed by atoms with Gasteiger partial charge in [0.15, 0.2) is 5.82 Å². The highest BCUT2D eigenvalue weighted by Crippen LogP contribution is 2.22. The third kappa shape index (κ3) is 2.18. The lowest BCUT2D eigenvalue weighted by atomic mass is 10.3. The van der Waals surface area contributed by atoms with Gasteiger partial charge in [-0.3, -0.25) is 0 Å². The highest BCUT2D eigenvalue weighted by molar-refractivity contribution is 5.65. The fourth-order valence-corrected chi connectivity index (χ4v) is 1.74. The van der Waals surface area contributed by atoms with E-state index in [4.69, 9.17) is 0 Å². The van der Waals surface area contributed by atoms with Gasteiger partial charge in [0.25, 0.3) is 0 Å². The van der Waals surface area contributed by atoms with Gasteiger partial charge in [-0.15, -0.1) is 0 Å². The lowest BCUT2D eigenvalue weighted by Crippen LogP contribution is -1.99. The molecule has 0 saturated carbocycles. The van der Waals surface area contributed by atoms with Crippen LogP contribution in [0.4, 0.5) is 21.6 Å². The second kappa shape index (κ2) is 4.54. The van der Waals surface area contributed by atoms with Crippen LogP contribution in [0.15, 0.2) is 42.9 Å². The summed E-state index contributed by atoms with van der Waals surface area (Å²) in [5.41, 5.74) is 3.12. The van der Waals surface area contributed by atoms with E-state index < -0.39 is 5.82 Å². The zero-order valence-corrected chi connectivity index (χ0v) is 9.67. The highest BCUT2D eigenvalue weighted by atomic mass is 19.1. The molecule has 0 amide bonds. The van der Waals surface area contributed by atoms with Crippen molar-refractivity contribution in [2.24, 2.45) is 0 Å². The van der Waals surface area contributed by atoms with Crippen LogP contribution < -0.4 is 10.8 Å². The Kier molecular flexibility index (Phi) is 2.73. The normalized spacial score (nSPS) is 10.6. The minimum atomic E-state index is -0.460. The fraction of sp³-hybridized carbons (Fsp3) is 0. The summed E-state index contributed by atoms with van der Waals surface area (Å²) >= 11 is 0. The van der Waals surface area contributed by atoms with E-state index in [-0.39, 0.29) is 5.69 Å². The number of fused-ring (bicyclic) bond motifs is 1. The molecule has 96 valence electrons. The van der Waals surface area contributed by atoms with Crippen LogP contribution in [0.3, 0.4) is 0 Å². The van der Waals surface area contributed by atoms with Crippen LogP contribution in [0.1, 0.15) is 0 Å². The minimum Gasteiger partial charge on any atom is -0.761 e. The summed E-state index contributed by atoms with van der Waals surface area (Å²) in [6, 6.07) is 6.39. The molecule has 0 aliphatic rings. The quantitative estimate of drug-likeness (QED) is 0.706. The van der Waals surface area contributed by atoms with Crippen LogP contribution in [0, 0.1) is 11.0 Å². The van der Waals surface area contributed by atoms with E-state index in [0.29, 0.717) is 11.5 Å². The van der Waals surface area contributed by atoms with E-state index in [1.807, 2.05) is 0 Å². The van der Waals surface area contributed by atoms with Crippen LogP contribution in [0.25, 0.3) is 5.52 Å². The van der Waals surface area contributed by atoms with Crippen molar-refractivity contribution >= 4 is 22.7 Å². The zero-order chi connectivity index (χ0) is 13.2. The van der Waals surface area contributed by atoms with Crippen molar-refractivity contribution in [2.45, 2.75) is 0 Å². The molecule has 0 aromatic carbocycles. The molecule has 19 heavy (non-hydrogen) atoms. The Bertz CT molecular complexity index is 727. The first-order valence-corrected chi connectivity index (χ1v) is 5.50. The van der Waals surface area contributed by atoms with Crippen molar-refractivity contribution < 1.29 is 4.39 Å². The molecule has 0 spiro atoms. The number of pyridine rings is 2. The number of halogens is 1. The van der Waals surface area contributed by atoms with E-state index >= 15 is 0 Å². The van der Waals surface area contributed by atoms with Crippen molar-refractivity contribution in [3.05, 3.63) is 53.9 Å². The molecular weight excluding hydrogens is 249 g/mol. The predicted molar refractivity (Wildman–Crippen MR) is 69.7 cm³/mol. The summed E-state index contributed by atoms with van der Waals surface area (Å²) < 4.78 is 15.3. The van der Waals surface area contributed by atoms with Crippen molar-refractivity contribution in [1.82, 2.24) is 14.6 Å². The third-order valence-electron chi connectivity index (χ3n) is 2.63. The first kappa shape index (κ1) is 11.4. The largest absolute Gasteiger partial charge is 0.761 e. The van der Waals surface area contributed by atoms with Crippen LogP contribution >= 0.6 is 0 Å². The Morgan fingerprint density at radius 1 is 1.21 bits per heavy atom. The summed E-state index contributed by atoms with van der Waals surface area (Å²) in [5.74, 6) is -0.0814. The summed E-state index contributed by atoms with van der Waals surface area (Å²) in [7, 11) is 0. The summed E-state index contributed by atoms with van der Waals surface area (Å²) in [4.78, 5) is 4.01. The van der Waals surface area contributed by atoms with Crippen molar-refractivity contribution in [3.63, 3.8) is 0 Å². The monoisotopic (exact) mass is 258 g/mol. The van der Waals surface area contributed by atoms with Gasteiger partial charge in [-0.25, -0.2) is 13.9 Å². The van der Waals surface area contributed by atoms with Gasteiger partial charge in [-0.05, 0) is 18.2 Å². The molecule has 0 aliphatic carbocycles. The number of rotatable bonds is 3. The molecule has 7 heteroatoms. The number of nitrogens with zero attached hydrogens (tertiary/aromatic N) is 3. The Hall–Kier alpha value is -2.67. The number of nitrogens with one attached hydrogen (secondary N) is 2. The maximum absolute atomic E-state index is 13.8. The van der Waals surface area contributed by atoms with Crippen LogP contribution in [-0.2, 0) is 0 Å². The molecule has 3 heterocycles. The molecule has 0 radical (unpaired) electrons. The van der Waals surface area contributed by atoms with Gasteiger partial charge in [-0.2, -0.15) is 5.10 Å². The van der Waals surface area contributed by atoms with Gasteiger partial charge in [0, 0.05) is 24.1 Å². The number of aromatic nitrogens is 3. The summed E-state index contributed by atoms with van der Waals surface area (Å²) in [5, 5.41) is 17.3. The van der Waals surface area contributed by atoms with Crippen LogP contribution in [0.5, 0.6) is 0 Å². The first-order valence-electron chi connectivity index (χ1n) is 5.50. The van der Waals surface area contributed by atoms with E-state index in [1.165, 1.54) is 29.0 Å². The Labute approximate surface area is 107 Å². The molecule has 0 aliphatic heterocycles. The smallest absolute Gasteiger partial charge is 0.165 e. The van der Waals surface area contributed by atoms with E-state index in [9.17, 15) is 9.60 Å². The second-order valence-electron chi connectivity index (χ2n) is 3.89. The number of anilines is 3. The van der Waals surface area contributed by atoms with Crippen molar-refractivity contribution in [2.75, 3.05) is 10.8 Å². The van der Waals surface area contributed by atoms with Gasteiger partial charge in [0.2, 0.25) is 0 Å². The standard InChI is InChI=1S/C12H9FN5O/c13-10-7-18-9(2-4-15-18)6-11(10)16-12-5-8(17-19)1-3-14-12/h1-7H,(H2-,14,16,17,19)/q-1. The molecule has 3 aromatic rings. The number of hydrogen-bond acceptors (Lipinski definition) is 5. The SMILES string of the molecule is [O-]Nc1ccnc(Nc2cc3ccnn3cc2F)c1. The third-order valence-corrected chi connectivity index (χ3v) is 2.63. The molecule has 0 atom stereocenters. The maximum Gasteiger partial charge on any atom is 0.165 e. The summed E-state index contributed by atoms with van der Waals surface area (Å²) in [6.07, 6.45) is 4.31. The van der Waals surface area contributed by atoms with E-state index in [2.05, 4.69) is 15.4 Å². The average Bonchev–Trinajstić information content (AvgIpc) is 2.86. The molecule has 0 saturated heterocycles. The van der Waals surface area contributed by atoms with E-state index in [0.717, 1.165) is 5.52 Å². The van der Waals surface area contributed by atoms with Crippen LogP contribution in [-0.4, -0.2) is 14.6 Å². The molecule has 0 unspecified atom stereocenters.